The Morgan fingerprint density at radius 2 is 1.85 bits per heavy atom. The standard InChI is InChI=1S/C19H19BrN2O3S/c1-12-9-15-11-16(20)4-6-18(15)22(12)19(23)14-3-5-17-13(10-14)7-8-21(17)26(2,24)25/h3-6,10-12H,7-9H2,1-2H3/t12-/m0/s1. The summed E-state index contributed by atoms with van der Waals surface area (Å²) in [6.07, 6.45) is 2.66. The van der Waals surface area contributed by atoms with E-state index >= 15 is 0 Å². The van der Waals surface area contributed by atoms with Gasteiger partial charge in [0.15, 0.2) is 0 Å². The summed E-state index contributed by atoms with van der Waals surface area (Å²) >= 11 is 3.48. The predicted octanol–water partition coefficient (Wildman–Crippen LogP) is 3.36. The van der Waals surface area contributed by atoms with Crippen molar-refractivity contribution in [1.29, 1.82) is 0 Å². The first-order chi connectivity index (χ1) is 12.3. The van der Waals surface area contributed by atoms with Crippen LogP contribution in [-0.4, -0.2) is 33.2 Å². The molecule has 2 heterocycles. The molecule has 0 bridgehead atoms. The topological polar surface area (TPSA) is 57.7 Å². The first-order valence-electron chi connectivity index (χ1n) is 8.48. The Balaban J connectivity index is 1.69. The number of anilines is 2. The van der Waals surface area contributed by atoms with Crippen LogP contribution in [0, 0.1) is 0 Å². The van der Waals surface area contributed by atoms with E-state index in [9.17, 15) is 13.2 Å². The fraction of sp³-hybridized carbons (Fsp3) is 0.316. The fourth-order valence-corrected chi connectivity index (χ4v) is 5.26. The molecule has 1 atom stereocenters. The Kier molecular flexibility index (Phi) is 4.11. The van der Waals surface area contributed by atoms with E-state index in [1.165, 1.54) is 10.6 Å². The molecule has 1 amide bonds. The molecule has 2 aromatic carbocycles. The van der Waals surface area contributed by atoms with Gasteiger partial charge in [0.1, 0.15) is 0 Å². The Morgan fingerprint density at radius 3 is 2.58 bits per heavy atom. The molecule has 2 aromatic rings. The van der Waals surface area contributed by atoms with Crippen molar-refractivity contribution in [3.63, 3.8) is 0 Å². The van der Waals surface area contributed by atoms with Crippen LogP contribution >= 0.6 is 15.9 Å². The van der Waals surface area contributed by atoms with E-state index in [4.69, 9.17) is 0 Å². The fourth-order valence-electron chi connectivity index (χ4n) is 3.90. The average Bonchev–Trinajstić information content (AvgIpc) is 3.12. The normalized spacial score (nSPS) is 18.8. The number of halogens is 1. The van der Waals surface area contributed by atoms with Crippen molar-refractivity contribution in [2.24, 2.45) is 0 Å². The second kappa shape index (κ2) is 6.09. The highest BCUT2D eigenvalue weighted by molar-refractivity contribution is 9.10. The number of carbonyl (C=O) groups is 1. The zero-order valence-electron chi connectivity index (χ0n) is 14.6. The molecule has 0 saturated carbocycles. The zero-order valence-corrected chi connectivity index (χ0v) is 17.0. The predicted molar refractivity (Wildman–Crippen MR) is 106 cm³/mol. The molecule has 5 nitrogen and oxygen atoms in total. The van der Waals surface area contributed by atoms with E-state index in [1.807, 2.05) is 30.0 Å². The van der Waals surface area contributed by atoms with Crippen molar-refractivity contribution in [2.45, 2.75) is 25.8 Å². The average molecular weight is 435 g/mol. The molecule has 2 aliphatic rings. The van der Waals surface area contributed by atoms with Crippen LogP contribution in [0.25, 0.3) is 0 Å². The number of fused-ring (bicyclic) bond motifs is 2. The largest absolute Gasteiger partial charge is 0.305 e. The summed E-state index contributed by atoms with van der Waals surface area (Å²) < 4.78 is 26.2. The van der Waals surface area contributed by atoms with Crippen molar-refractivity contribution in [2.75, 3.05) is 22.0 Å². The second-order valence-corrected chi connectivity index (χ2v) is 9.75. The number of sulfonamides is 1. The van der Waals surface area contributed by atoms with Crippen LogP contribution in [0.3, 0.4) is 0 Å². The maximum atomic E-state index is 13.2. The van der Waals surface area contributed by atoms with Gasteiger partial charge in [-0.2, -0.15) is 0 Å². The molecule has 0 spiro atoms. The molecular formula is C19H19BrN2O3S. The Hall–Kier alpha value is -1.86. The Labute approximate surface area is 161 Å². The minimum absolute atomic E-state index is 0.0424. The molecule has 0 N–H and O–H groups in total. The van der Waals surface area contributed by atoms with Crippen LogP contribution in [0.15, 0.2) is 40.9 Å². The van der Waals surface area contributed by atoms with Gasteiger partial charge in [-0.05, 0) is 67.3 Å². The maximum absolute atomic E-state index is 13.2. The van der Waals surface area contributed by atoms with Crippen LogP contribution < -0.4 is 9.21 Å². The molecule has 2 aliphatic heterocycles. The first-order valence-corrected chi connectivity index (χ1v) is 11.1. The van der Waals surface area contributed by atoms with Crippen LogP contribution in [-0.2, 0) is 22.9 Å². The van der Waals surface area contributed by atoms with E-state index in [2.05, 4.69) is 22.0 Å². The lowest BCUT2D eigenvalue weighted by molar-refractivity contribution is 0.0981. The van der Waals surface area contributed by atoms with Crippen molar-refractivity contribution in [1.82, 2.24) is 0 Å². The summed E-state index contributed by atoms with van der Waals surface area (Å²) in [5, 5.41) is 0. The highest BCUT2D eigenvalue weighted by Gasteiger charge is 2.33. The van der Waals surface area contributed by atoms with Gasteiger partial charge in [0.25, 0.3) is 5.91 Å². The van der Waals surface area contributed by atoms with Gasteiger partial charge in [-0.25, -0.2) is 8.42 Å². The second-order valence-electron chi connectivity index (χ2n) is 6.93. The highest BCUT2D eigenvalue weighted by atomic mass is 79.9. The van der Waals surface area contributed by atoms with E-state index in [0.29, 0.717) is 24.2 Å². The van der Waals surface area contributed by atoms with Crippen molar-refractivity contribution < 1.29 is 13.2 Å². The molecule has 0 fully saturated rings. The number of carbonyl (C=O) groups excluding carboxylic acids is 1. The van der Waals surface area contributed by atoms with Gasteiger partial charge in [0, 0.05) is 28.3 Å². The number of nitrogens with zero attached hydrogens (tertiary/aromatic N) is 2. The van der Waals surface area contributed by atoms with E-state index in [-0.39, 0.29) is 11.9 Å². The van der Waals surface area contributed by atoms with Gasteiger partial charge < -0.3 is 4.90 Å². The third-order valence-corrected chi connectivity index (χ3v) is 6.73. The molecule has 0 radical (unpaired) electrons. The number of amides is 1. The lowest BCUT2D eigenvalue weighted by Gasteiger charge is -2.23. The smallest absolute Gasteiger partial charge is 0.258 e. The van der Waals surface area contributed by atoms with Gasteiger partial charge in [0.05, 0.1) is 11.9 Å². The third kappa shape index (κ3) is 2.83. The number of hydrogen-bond acceptors (Lipinski definition) is 3. The lowest BCUT2D eigenvalue weighted by Crippen LogP contribution is -2.35. The summed E-state index contributed by atoms with van der Waals surface area (Å²) in [6, 6.07) is 11.4. The maximum Gasteiger partial charge on any atom is 0.258 e. The summed E-state index contributed by atoms with van der Waals surface area (Å²) in [7, 11) is -3.28. The molecule has 0 aliphatic carbocycles. The Morgan fingerprint density at radius 1 is 1.12 bits per heavy atom. The van der Waals surface area contributed by atoms with Gasteiger partial charge >= 0.3 is 0 Å². The first kappa shape index (κ1) is 17.5. The number of benzene rings is 2. The molecule has 7 heteroatoms. The summed E-state index contributed by atoms with van der Waals surface area (Å²) in [4.78, 5) is 15.0. The molecule has 0 saturated heterocycles. The molecule has 0 aromatic heterocycles. The van der Waals surface area contributed by atoms with E-state index in [1.54, 1.807) is 12.1 Å². The van der Waals surface area contributed by atoms with Crippen molar-refractivity contribution in [3.05, 3.63) is 57.6 Å². The van der Waals surface area contributed by atoms with Crippen LogP contribution in [0.1, 0.15) is 28.4 Å². The van der Waals surface area contributed by atoms with E-state index < -0.39 is 10.0 Å². The lowest BCUT2D eigenvalue weighted by atomic mass is 10.1. The van der Waals surface area contributed by atoms with Gasteiger partial charge in [0.2, 0.25) is 10.0 Å². The monoisotopic (exact) mass is 434 g/mol. The highest BCUT2D eigenvalue weighted by Crippen LogP contribution is 2.36. The minimum Gasteiger partial charge on any atom is -0.305 e. The molecule has 4 rings (SSSR count). The molecule has 0 unspecified atom stereocenters. The third-order valence-electron chi connectivity index (χ3n) is 5.06. The zero-order chi connectivity index (χ0) is 18.6. The summed E-state index contributed by atoms with van der Waals surface area (Å²) in [6.45, 7) is 2.48. The van der Waals surface area contributed by atoms with Gasteiger partial charge in [-0.15, -0.1) is 0 Å². The summed E-state index contributed by atoms with van der Waals surface area (Å²) in [5.41, 5.74) is 4.29. The van der Waals surface area contributed by atoms with Crippen LogP contribution in [0.5, 0.6) is 0 Å². The number of rotatable bonds is 2. The quantitative estimate of drug-likeness (QED) is 0.727. The minimum atomic E-state index is -3.28. The Bertz CT molecular complexity index is 1020. The molecular weight excluding hydrogens is 416 g/mol. The molecule has 136 valence electrons. The van der Waals surface area contributed by atoms with E-state index in [0.717, 1.165) is 27.7 Å². The van der Waals surface area contributed by atoms with Crippen LogP contribution in [0.4, 0.5) is 11.4 Å². The van der Waals surface area contributed by atoms with Crippen LogP contribution in [0.2, 0.25) is 0 Å². The van der Waals surface area contributed by atoms with Crippen molar-refractivity contribution in [3.8, 4) is 0 Å². The SMILES string of the molecule is C[C@H]1Cc2cc(Br)ccc2N1C(=O)c1ccc2c(c1)CCN2S(C)(=O)=O. The van der Waals surface area contributed by atoms with Crippen molar-refractivity contribution >= 4 is 43.2 Å². The van der Waals surface area contributed by atoms with Gasteiger partial charge in [-0.3, -0.25) is 9.10 Å². The van der Waals surface area contributed by atoms with Gasteiger partial charge in [-0.1, -0.05) is 15.9 Å². The summed E-state index contributed by atoms with van der Waals surface area (Å²) in [5.74, 6) is -0.0424. The molecule has 26 heavy (non-hydrogen) atoms. The number of hydrogen-bond donors (Lipinski definition) is 0.